The molecule has 4 aromatic rings. The molecule has 0 spiro atoms. The molecule has 0 amide bonds. The number of halogens is 2. The van der Waals surface area contributed by atoms with Crippen LogP contribution in [0.3, 0.4) is 0 Å². The molecule has 1 atom stereocenters. The van der Waals surface area contributed by atoms with E-state index in [1.54, 1.807) is 16.9 Å². The second-order valence-corrected chi connectivity index (χ2v) is 11.9. The Kier molecular flexibility index (Phi) is 7.38. The molecule has 0 bridgehead atoms. The lowest BCUT2D eigenvalue weighted by Gasteiger charge is -2.30. The van der Waals surface area contributed by atoms with Gasteiger partial charge in [0.2, 0.25) is 0 Å². The summed E-state index contributed by atoms with van der Waals surface area (Å²) in [5.74, 6) is 2.09. The second kappa shape index (κ2) is 11.1. The maximum absolute atomic E-state index is 6.46. The Morgan fingerprint density at radius 2 is 1.89 bits per heavy atom. The Hall–Kier alpha value is -2.92. The first-order valence-electron chi connectivity index (χ1n) is 12.9. The third-order valence-electron chi connectivity index (χ3n) is 7.37. The van der Waals surface area contributed by atoms with Gasteiger partial charge in [0.1, 0.15) is 11.5 Å². The van der Waals surface area contributed by atoms with Crippen LogP contribution >= 0.6 is 38.9 Å². The van der Waals surface area contributed by atoms with Crippen LogP contribution in [0.4, 0.5) is 0 Å². The van der Waals surface area contributed by atoms with E-state index in [1.807, 2.05) is 42.7 Å². The van der Waals surface area contributed by atoms with Gasteiger partial charge in [0, 0.05) is 33.6 Å². The molecule has 0 radical (unpaired) electrons. The van der Waals surface area contributed by atoms with E-state index in [1.165, 1.54) is 44.3 Å². The summed E-state index contributed by atoms with van der Waals surface area (Å²) in [6.45, 7) is 2.35. The molecule has 1 aromatic heterocycles. The highest BCUT2D eigenvalue weighted by molar-refractivity contribution is 9.10. The molecule has 2 heterocycles. The molecule has 2 aliphatic carbocycles. The van der Waals surface area contributed by atoms with E-state index in [9.17, 15) is 0 Å². The molecule has 1 aliphatic heterocycles. The minimum atomic E-state index is 0.556. The third-order valence-corrected chi connectivity index (χ3v) is 9.57. The number of allylic oxidation sites excluding steroid dienone is 4. The number of benzene rings is 3. The number of thiophene rings is 1. The minimum absolute atomic E-state index is 0.556. The van der Waals surface area contributed by atoms with Crippen LogP contribution in [0.5, 0.6) is 11.5 Å². The van der Waals surface area contributed by atoms with Crippen molar-refractivity contribution in [2.75, 3.05) is 0 Å². The van der Waals surface area contributed by atoms with Gasteiger partial charge in [0.05, 0.1) is 5.02 Å². The highest BCUT2D eigenvalue weighted by Crippen LogP contribution is 2.45. The Morgan fingerprint density at radius 3 is 2.82 bits per heavy atom. The van der Waals surface area contributed by atoms with Crippen molar-refractivity contribution in [2.45, 2.75) is 32.6 Å². The van der Waals surface area contributed by atoms with Crippen LogP contribution in [0.25, 0.3) is 22.4 Å². The van der Waals surface area contributed by atoms with Crippen LogP contribution < -0.4 is 4.74 Å². The van der Waals surface area contributed by atoms with Crippen molar-refractivity contribution >= 4 is 67.5 Å². The summed E-state index contributed by atoms with van der Waals surface area (Å²) in [4.78, 5) is 5.40. The fourth-order valence-corrected chi connectivity index (χ4v) is 6.85. The van der Waals surface area contributed by atoms with Crippen molar-refractivity contribution < 1.29 is 4.74 Å². The average Bonchev–Trinajstić information content (AvgIpc) is 3.27. The highest BCUT2D eigenvalue weighted by Gasteiger charge is 2.26. The van der Waals surface area contributed by atoms with E-state index in [4.69, 9.17) is 16.3 Å². The summed E-state index contributed by atoms with van der Waals surface area (Å²) in [6, 6.07) is 18.7. The van der Waals surface area contributed by atoms with Gasteiger partial charge < -0.3 is 4.74 Å². The maximum atomic E-state index is 6.46. The largest absolute Gasteiger partial charge is 0.455 e. The molecule has 0 N–H and O–H groups in total. The van der Waals surface area contributed by atoms with Crippen LogP contribution in [0.2, 0.25) is 5.02 Å². The molecule has 0 saturated heterocycles. The predicted molar refractivity (Wildman–Crippen MR) is 167 cm³/mol. The number of aliphatic imine (C=N–C) groups is 1. The summed E-state index contributed by atoms with van der Waals surface area (Å²) in [5, 5.41) is 5.12. The summed E-state index contributed by atoms with van der Waals surface area (Å²) in [7, 11) is 0. The van der Waals surface area contributed by atoms with Gasteiger partial charge in [0.15, 0.2) is 0 Å². The summed E-state index contributed by atoms with van der Waals surface area (Å²) < 4.78 is 7.18. The Morgan fingerprint density at radius 1 is 1.03 bits per heavy atom. The van der Waals surface area contributed by atoms with Crippen molar-refractivity contribution in [1.29, 1.82) is 0 Å². The topological polar surface area (TPSA) is 21.6 Å². The SMILES string of the molecule is C1=Cc2sccc2CC=N1.CC1Cc2c(ccc3cccc(Oc4cccc(Br)c4Cl)c23)C2=C1CCC=C2. The second-order valence-electron chi connectivity index (χ2n) is 9.75. The molecular weight excluding hydrogens is 574 g/mol. The van der Waals surface area contributed by atoms with Gasteiger partial charge in [-0.25, -0.2) is 0 Å². The fraction of sp³-hybridized carbons (Fsp3) is 0.182. The Labute approximate surface area is 241 Å². The number of rotatable bonds is 2. The van der Waals surface area contributed by atoms with Crippen LogP contribution in [-0.4, -0.2) is 6.21 Å². The normalized spacial score (nSPS) is 17.3. The predicted octanol–water partition coefficient (Wildman–Crippen LogP) is 10.7. The van der Waals surface area contributed by atoms with Gasteiger partial charge in [-0.2, -0.15) is 0 Å². The number of ether oxygens (including phenoxy) is 1. The van der Waals surface area contributed by atoms with Gasteiger partial charge in [-0.3, -0.25) is 4.99 Å². The summed E-state index contributed by atoms with van der Waals surface area (Å²) in [6.07, 6.45) is 14.8. The maximum Gasteiger partial charge on any atom is 0.147 e. The van der Waals surface area contributed by atoms with Gasteiger partial charge in [0.25, 0.3) is 0 Å². The van der Waals surface area contributed by atoms with Crippen molar-refractivity contribution in [1.82, 2.24) is 0 Å². The van der Waals surface area contributed by atoms with Gasteiger partial charge in [-0.15, -0.1) is 11.3 Å². The van der Waals surface area contributed by atoms with Crippen molar-refractivity contribution in [3.8, 4) is 11.5 Å². The van der Waals surface area contributed by atoms with Crippen molar-refractivity contribution in [2.24, 2.45) is 10.9 Å². The summed E-state index contributed by atoms with van der Waals surface area (Å²) in [5.41, 5.74) is 7.15. The first kappa shape index (κ1) is 25.4. The molecule has 3 aromatic carbocycles. The molecule has 0 fully saturated rings. The monoisotopic (exact) mass is 599 g/mol. The standard InChI is InChI=1S/C25H20BrClO.C8H7NS/c1-15-14-20-19(18-8-3-2-7-17(15)18)13-12-16-6-4-10-22(24(16)20)28-23-11-5-9-21(26)25(23)27;1-4-9-5-2-8-7(1)3-6-10-8/h3-6,8-13,15H,2,7,14H2,1H3;2-6H,1H2. The van der Waals surface area contributed by atoms with Crippen molar-refractivity contribution in [3.63, 3.8) is 0 Å². The van der Waals surface area contributed by atoms with E-state index in [2.05, 4.69) is 75.7 Å². The van der Waals surface area contributed by atoms with E-state index in [0.29, 0.717) is 16.7 Å². The number of hydrogen-bond donors (Lipinski definition) is 0. The van der Waals surface area contributed by atoms with Gasteiger partial charge in [-0.05, 0) is 104 Å². The number of hydrogen-bond acceptors (Lipinski definition) is 3. The van der Waals surface area contributed by atoms with Gasteiger partial charge in [-0.1, -0.05) is 66.6 Å². The first-order valence-corrected chi connectivity index (χ1v) is 15.0. The van der Waals surface area contributed by atoms with Gasteiger partial charge >= 0.3 is 0 Å². The molecule has 0 saturated carbocycles. The molecule has 190 valence electrons. The zero-order chi connectivity index (χ0) is 26.1. The number of nitrogens with zero attached hydrogens (tertiary/aromatic N) is 1. The zero-order valence-electron chi connectivity index (χ0n) is 21.1. The lowest BCUT2D eigenvalue weighted by Crippen LogP contribution is -2.15. The lowest BCUT2D eigenvalue weighted by molar-refractivity contribution is 0.487. The lowest BCUT2D eigenvalue weighted by atomic mass is 9.74. The molecular formula is C33H27BrClNOS. The summed E-state index contributed by atoms with van der Waals surface area (Å²) >= 11 is 11.7. The van der Waals surface area contributed by atoms with E-state index >= 15 is 0 Å². The Bertz CT molecular complexity index is 1640. The van der Waals surface area contributed by atoms with Crippen LogP contribution in [-0.2, 0) is 12.8 Å². The zero-order valence-corrected chi connectivity index (χ0v) is 24.2. The highest BCUT2D eigenvalue weighted by atomic mass is 79.9. The number of fused-ring (bicyclic) bond motifs is 5. The smallest absolute Gasteiger partial charge is 0.147 e. The molecule has 3 aliphatic rings. The molecule has 2 nitrogen and oxygen atoms in total. The average molecular weight is 601 g/mol. The molecule has 1 unspecified atom stereocenters. The quantitative estimate of drug-likeness (QED) is 0.224. The van der Waals surface area contributed by atoms with Crippen molar-refractivity contribution in [3.05, 3.63) is 115 Å². The van der Waals surface area contributed by atoms with E-state index in [0.717, 1.165) is 29.5 Å². The third kappa shape index (κ3) is 4.93. The minimum Gasteiger partial charge on any atom is -0.455 e. The van der Waals surface area contributed by atoms with E-state index < -0.39 is 0 Å². The first-order chi connectivity index (χ1) is 18.6. The molecule has 5 heteroatoms. The molecule has 38 heavy (non-hydrogen) atoms. The fourth-order valence-electron chi connectivity index (χ4n) is 5.52. The van der Waals surface area contributed by atoms with Crippen LogP contribution in [0, 0.1) is 5.92 Å². The Balaban J connectivity index is 0.000000221. The van der Waals surface area contributed by atoms with E-state index in [-0.39, 0.29) is 0 Å². The molecule has 7 rings (SSSR count). The van der Waals surface area contributed by atoms with Crippen LogP contribution in [0.1, 0.15) is 41.3 Å². The van der Waals surface area contributed by atoms with Crippen LogP contribution in [0.15, 0.2) is 93.4 Å².